The highest BCUT2D eigenvalue weighted by molar-refractivity contribution is 6.32. The summed E-state index contributed by atoms with van der Waals surface area (Å²) in [5, 5.41) is 15.8. The average molecular weight is 378 g/mol. The van der Waals surface area contributed by atoms with Crippen LogP contribution in [0.4, 0.5) is 0 Å². The predicted octanol–water partition coefficient (Wildman–Crippen LogP) is 2.45. The van der Waals surface area contributed by atoms with Gasteiger partial charge in [-0.25, -0.2) is 5.43 Å². The molecule has 0 unspecified atom stereocenters. The van der Waals surface area contributed by atoms with Crippen molar-refractivity contribution in [2.45, 2.75) is 52.0 Å². The first-order valence-corrected chi connectivity index (χ1v) is 9.87. The van der Waals surface area contributed by atoms with Gasteiger partial charge in [-0.3, -0.25) is 4.79 Å². The van der Waals surface area contributed by atoms with E-state index in [0.717, 1.165) is 24.4 Å². The first-order valence-electron chi connectivity index (χ1n) is 9.87. The summed E-state index contributed by atoms with van der Waals surface area (Å²) in [6.07, 6.45) is 7.06. The van der Waals surface area contributed by atoms with Crippen LogP contribution in [-0.4, -0.2) is 39.4 Å². The molecule has 0 spiro atoms. The first kappa shape index (κ1) is 18.6. The number of amides is 1. The molecule has 0 radical (unpaired) electrons. The third-order valence-corrected chi connectivity index (χ3v) is 5.23. The van der Waals surface area contributed by atoms with Gasteiger partial charge in [-0.15, -0.1) is 5.10 Å². The molecule has 0 atom stereocenters. The van der Waals surface area contributed by atoms with E-state index in [1.54, 1.807) is 18.3 Å². The zero-order chi connectivity index (χ0) is 19.7. The van der Waals surface area contributed by atoms with E-state index in [9.17, 15) is 4.79 Å². The van der Waals surface area contributed by atoms with Crippen molar-refractivity contribution in [2.24, 2.45) is 5.10 Å². The molecule has 2 aromatic heterocycles. The van der Waals surface area contributed by atoms with Gasteiger partial charge in [0.1, 0.15) is 11.4 Å². The molecule has 0 saturated heterocycles. The van der Waals surface area contributed by atoms with Gasteiger partial charge in [-0.1, -0.05) is 13.8 Å². The lowest BCUT2D eigenvalue weighted by atomic mass is 9.94. The SMILES string of the molecule is Cc1[nH]c(C=C2C(=O)NN=C2c2cccnn2)c(C(C)C)c1CCNC1CC1. The summed E-state index contributed by atoms with van der Waals surface area (Å²) in [6, 6.07) is 4.29. The highest BCUT2D eigenvalue weighted by atomic mass is 16.2. The number of nitrogens with one attached hydrogen (secondary N) is 3. The van der Waals surface area contributed by atoms with Gasteiger partial charge in [0.2, 0.25) is 0 Å². The fraction of sp³-hybridized carbons (Fsp3) is 0.429. The molecule has 3 heterocycles. The molecule has 28 heavy (non-hydrogen) atoms. The van der Waals surface area contributed by atoms with E-state index in [4.69, 9.17) is 0 Å². The van der Waals surface area contributed by atoms with Gasteiger partial charge < -0.3 is 10.3 Å². The largest absolute Gasteiger partial charge is 0.359 e. The van der Waals surface area contributed by atoms with Gasteiger partial charge in [0.05, 0.1) is 5.57 Å². The van der Waals surface area contributed by atoms with Crippen molar-refractivity contribution in [3.05, 3.63) is 52.1 Å². The van der Waals surface area contributed by atoms with Gasteiger partial charge >= 0.3 is 0 Å². The molecule has 1 aliphatic heterocycles. The van der Waals surface area contributed by atoms with Gasteiger partial charge in [0, 0.05) is 23.6 Å². The highest BCUT2D eigenvalue weighted by Crippen LogP contribution is 2.30. The maximum atomic E-state index is 12.4. The van der Waals surface area contributed by atoms with Gasteiger partial charge in [-0.05, 0) is 68.0 Å². The van der Waals surface area contributed by atoms with E-state index in [0.29, 0.717) is 28.9 Å². The van der Waals surface area contributed by atoms with E-state index >= 15 is 0 Å². The summed E-state index contributed by atoms with van der Waals surface area (Å²) in [6.45, 7) is 7.46. The van der Waals surface area contributed by atoms with Crippen molar-refractivity contribution in [1.29, 1.82) is 0 Å². The number of carbonyl (C=O) groups is 1. The molecule has 1 fully saturated rings. The van der Waals surface area contributed by atoms with Crippen molar-refractivity contribution in [3.63, 3.8) is 0 Å². The van der Waals surface area contributed by atoms with Crippen molar-refractivity contribution >= 4 is 17.7 Å². The number of aromatic amines is 1. The number of hydrazone groups is 1. The molecule has 0 bridgehead atoms. The smallest absolute Gasteiger partial charge is 0.273 e. The number of H-pyrrole nitrogens is 1. The van der Waals surface area contributed by atoms with Crippen LogP contribution >= 0.6 is 0 Å². The lowest BCUT2D eigenvalue weighted by Crippen LogP contribution is -2.19. The summed E-state index contributed by atoms with van der Waals surface area (Å²) in [4.78, 5) is 15.9. The summed E-state index contributed by atoms with van der Waals surface area (Å²) in [5.74, 6) is 0.119. The highest BCUT2D eigenvalue weighted by Gasteiger charge is 2.27. The van der Waals surface area contributed by atoms with E-state index in [-0.39, 0.29) is 5.91 Å². The molecule has 1 amide bonds. The Morgan fingerprint density at radius 2 is 2.18 bits per heavy atom. The second kappa shape index (κ2) is 7.67. The minimum absolute atomic E-state index is 0.223. The van der Waals surface area contributed by atoms with Crippen LogP contribution in [0.5, 0.6) is 0 Å². The lowest BCUT2D eigenvalue weighted by Gasteiger charge is -2.11. The fourth-order valence-electron chi connectivity index (χ4n) is 3.73. The number of hydrogen-bond donors (Lipinski definition) is 3. The van der Waals surface area contributed by atoms with Gasteiger partial charge in [0.15, 0.2) is 0 Å². The number of aromatic nitrogens is 3. The normalized spacial score (nSPS) is 18.1. The van der Waals surface area contributed by atoms with Gasteiger partial charge in [-0.2, -0.15) is 10.2 Å². The number of carbonyl (C=O) groups excluding carboxylic acids is 1. The Morgan fingerprint density at radius 3 is 2.86 bits per heavy atom. The van der Waals surface area contributed by atoms with Crippen molar-refractivity contribution in [3.8, 4) is 0 Å². The van der Waals surface area contributed by atoms with E-state index in [2.05, 4.69) is 51.8 Å². The predicted molar refractivity (Wildman–Crippen MR) is 109 cm³/mol. The summed E-state index contributed by atoms with van der Waals surface area (Å²) in [7, 11) is 0. The van der Waals surface area contributed by atoms with Crippen LogP contribution in [0.3, 0.4) is 0 Å². The van der Waals surface area contributed by atoms with Crippen molar-refractivity contribution < 1.29 is 4.79 Å². The summed E-state index contributed by atoms with van der Waals surface area (Å²) in [5.41, 5.74) is 8.89. The van der Waals surface area contributed by atoms with Crippen LogP contribution in [0.2, 0.25) is 0 Å². The fourth-order valence-corrected chi connectivity index (χ4v) is 3.73. The number of aryl methyl sites for hydroxylation is 1. The molecule has 146 valence electrons. The molecule has 7 nitrogen and oxygen atoms in total. The average Bonchev–Trinajstić information content (AvgIpc) is 3.36. The van der Waals surface area contributed by atoms with Crippen LogP contribution in [0.25, 0.3) is 6.08 Å². The quantitative estimate of drug-likeness (QED) is 0.645. The summed E-state index contributed by atoms with van der Waals surface area (Å²) < 4.78 is 0. The van der Waals surface area contributed by atoms with Crippen LogP contribution < -0.4 is 10.7 Å². The zero-order valence-corrected chi connectivity index (χ0v) is 16.5. The van der Waals surface area contributed by atoms with Crippen molar-refractivity contribution in [1.82, 2.24) is 25.9 Å². The second-order valence-corrected chi connectivity index (χ2v) is 7.76. The molecule has 1 saturated carbocycles. The standard InChI is InChI=1S/C21H26N6O/c1-12(2)19-15(8-10-22-14-6-7-14)13(3)24-18(19)11-16-20(26-27-21(16)28)17-5-4-9-23-25-17/h4-5,9,11-12,14,22,24H,6-8,10H2,1-3H3,(H,27,28). The minimum Gasteiger partial charge on any atom is -0.359 e. The number of hydrogen-bond acceptors (Lipinski definition) is 5. The molecule has 0 aromatic carbocycles. The molecule has 2 aromatic rings. The zero-order valence-electron chi connectivity index (χ0n) is 16.5. The Balaban J connectivity index is 1.67. The van der Waals surface area contributed by atoms with Gasteiger partial charge in [0.25, 0.3) is 5.91 Å². The molecule has 2 aliphatic rings. The van der Waals surface area contributed by atoms with Crippen LogP contribution in [-0.2, 0) is 11.2 Å². The number of nitrogens with zero attached hydrogens (tertiary/aromatic N) is 3. The van der Waals surface area contributed by atoms with Crippen LogP contribution in [0.1, 0.15) is 60.8 Å². The second-order valence-electron chi connectivity index (χ2n) is 7.76. The number of rotatable bonds is 7. The van der Waals surface area contributed by atoms with Crippen LogP contribution in [0, 0.1) is 6.92 Å². The van der Waals surface area contributed by atoms with Crippen molar-refractivity contribution in [2.75, 3.05) is 6.54 Å². The summed E-state index contributed by atoms with van der Waals surface area (Å²) >= 11 is 0. The van der Waals surface area contributed by atoms with Crippen LogP contribution in [0.15, 0.2) is 29.0 Å². The Labute approximate surface area is 164 Å². The Bertz CT molecular complexity index is 937. The first-order chi connectivity index (χ1) is 13.5. The molecular weight excluding hydrogens is 352 g/mol. The molecule has 1 aliphatic carbocycles. The molecule has 3 N–H and O–H groups in total. The third-order valence-electron chi connectivity index (χ3n) is 5.23. The van der Waals surface area contributed by atoms with E-state index in [1.165, 1.54) is 24.0 Å². The third kappa shape index (κ3) is 3.75. The topological polar surface area (TPSA) is 95.1 Å². The molecule has 4 rings (SSSR count). The Hall–Kier alpha value is -2.80. The monoisotopic (exact) mass is 378 g/mol. The lowest BCUT2D eigenvalue weighted by molar-refractivity contribution is -0.116. The maximum Gasteiger partial charge on any atom is 0.273 e. The van der Waals surface area contributed by atoms with E-state index < -0.39 is 0 Å². The van der Waals surface area contributed by atoms with E-state index in [1.807, 2.05) is 6.08 Å². The Kier molecular flexibility index (Phi) is 5.09. The molecular formula is C21H26N6O. The maximum absolute atomic E-state index is 12.4. The molecule has 7 heteroatoms. The Morgan fingerprint density at radius 1 is 1.36 bits per heavy atom. The minimum atomic E-state index is -0.223.